The number of aliphatic hydroxyl groups is 1. The third-order valence-corrected chi connectivity index (χ3v) is 14.9. The molecule has 1 aliphatic heterocycles. The standard InChI is InChI=1S/C57H92N10O11/c1-14-36(8)49(44(77-13)31-45(68)67-29-19-22-42(67)30-37(9)51(70)61-38(10)50(69)40-20-16-15-17-21-40)65(11)55(74)47(34(4)5)64-54(73)48(35(6)7)66(12)57(76)78-32-39-24-26-41(27-25-39)62-52(71)43(23-18-28-60-56(59)75)63-53(72)46(58)33(2)3/h15-17,20-21,24-27,33-38,42-44,46-50,69H,14,18-19,22-23,28-32,58H2,1-13H3,(H,61,70)(H,62,71)(H,63,72)(H,64,73)(H3,59,60,75)/t36-,37+,38+,42-,43-,44+,46-,47-,48-,49-,50+/m0/s1. The van der Waals surface area contributed by atoms with Crippen molar-refractivity contribution in [2.45, 2.75) is 175 Å². The Morgan fingerprint density at radius 3 is 2.00 bits per heavy atom. The van der Waals surface area contributed by atoms with E-state index >= 15 is 0 Å². The third-order valence-electron chi connectivity index (χ3n) is 14.9. The van der Waals surface area contributed by atoms with E-state index in [9.17, 15) is 43.5 Å². The van der Waals surface area contributed by atoms with Crippen LogP contribution < -0.4 is 38.1 Å². The van der Waals surface area contributed by atoms with Gasteiger partial charge in [0.25, 0.3) is 0 Å². The second kappa shape index (κ2) is 31.9. The molecule has 1 heterocycles. The molecule has 21 nitrogen and oxygen atoms in total. The summed E-state index contributed by atoms with van der Waals surface area (Å²) < 4.78 is 11.7. The fraction of sp³-hybridized carbons (Fsp3) is 0.649. The van der Waals surface area contributed by atoms with Gasteiger partial charge < -0.3 is 62.4 Å². The molecule has 0 saturated carbocycles. The fourth-order valence-electron chi connectivity index (χ4n) is 9.86. The highest BCUT2D eigenvalue weighted by Crippen LogP contribution is 2.29. The first kappa shape index (κ1) is 66.0. The maximum absolute atomic E-state index is 14.7. The summed E-state index contributed by atoms with van der Waals surface area (Å²) in [6.45, 7) is 18.9. The molecule has 0 spiro atoms. The topological polar surface area (TPSA) is 297 Å². The van der Waals surface area contributed by atoms with E-state index in [4.69, 9.17) is 20.9 Å². The molecule has 0 unspecified atom stereocenters. The first-order chi connectivity index (χ1) is 36.7. The number of urea groups is 1. The van der Waals surface area contributed by atoms with E-state index in [1.807, 2.05) is 69.9 Å². The quantitative estimate of drug-likeness (QED) is 0.0489. The van der Waals surface area contributed by atoms with Crippen molar-refractivity contribution in [1.29, 1.82) is 0 Å². The Labute approximate surface area is 462 Å². The van der Waals surface area contributed by atoms with Gasteiger partial charge in [0.2, 0.25) is 35.4 Å². The minimum Gasteiger partial charge on any atom is -0.445 e. The number of carbonyl (C=O) groups is 8. The largest absolute Gasteiger partial charge is 0.445 e. The lowest BCUT2D eigenvalue weighted by Gasteiger charge is -2.40. The summed E-state index contributed by atoms with van der Waals surface area (Å²) in [5, 5.41) is 24.7. The number of nitrogens with zero attached hydrogens (tertiary/aromatic N) is 3. The molecule has 2 aromatic rings. The molecule has 3 rings (SSSR count). The van der Waals surface area contributed by atoms with Crippen molar-refractivity contribution in [2.24, 2.45) is 41.1 Å². The molecule has 21 heteroatoms. The summed E-state index contributed by atoms with van der Waals surface area (Å²) in [6, 6.07) is 9.84. The number of rotatable bonds is 30. The Morgan fingerprint density at radius 1 is 0.795 bits per heavy atom. The zero-order valence-corrected chi connectivity index (χ0v) is 48.4. The Morgan fingerprint density at radius 2 is 1.44 bits per heavy atom. The maximum atomic E-state index is 14.7. The summed E-state index contributed by atoms with van der Waals surface area (Å²) >= 11 is 0. The molecule has 0 radical (unpaired) electrons. The number of benzene rings is 2. The normalized spacial score (nSPS) is 17.3. The van der Waals surface area contributed by atoms with Gasteiger partial charge in [-0.25, -0.2) is 9.59 Å². The van der Waals surface area contributed by atoms with Crippen LogP contribution in [-0.2, 0) is 44.8 Å². The van der Waals surface area contributed by atoms with E-state index < -0.39 is 90.1 Å². The Bertz CT molecular complexity index is 2270. The second-order valence-corrected chi connectivity index (χ2v) is 22.0. The molecule has 11 atom stereocenters. The minimum absolute atomic E-state index is 0.0156. The number of nitrogens with two attached hydrogens (primary N) is 2. The van der Waals surface area contributed by atoms with E-state index in [2.05, 4.69) is 26.6 Å². The number of methoxy groups -OCH3 is 1. The zero-order chi connectivity index (χ0) is 58.6. The molecule has 2 aromatic carbocycles. The van der Waals surface area contributed by atoms with E-state index in [-0.39, 0.29) is 67.5 Å². The molecule has 78 heavy (non-hydrogen) atoms. The van der Waals surface area contributed by atoms with Crippen LogP contribution >= 0.6 is 0 Å². The van der Waals surface area contributed by atoms with Crippen molar-refractivity contribution in [1.82, 2.24) is 36.0 Å². The van der Waals surface area contributed by atoms with Crippen LogP contribution in [0.15, 0.2) is 54.6 Å². The van der Waals surface area contributed by atoms with E-state index in [0.717, 1.165) is 12.8 Å². The molecule has 0 bridgehead atoms. The average Bonchev–Trinajstić information content (AvgIpc) is 3.87. The van der Waals surface area contributed by atoms with Gasteiger partial charge in [-0.1, -0.05) is 111 Å². The average molecular weight is 1090 g/mol. The van der Waals surface area contributed by atoms with Crippen LogP contribution in [0.5, 0.6) is 0 Å². The maximum Gasteiger partial charge on any atom is 0.410 e. The third kappa shape index (κ3) is 19.5. The fourth-order valence-corrected chi connectivity index (χ4v) is 9.86. The molecule has 10 N–H and O–H groups in total. The number of hydrogen-bond acceptors (Lipinski definition) is 12. The van der Waals surface area contributed by atoms with E-state index in [0.29, 0.717) is 42.6 Å². The van der Waals surface area contributed by atoms with Crippen LogP contribution in [-0.4, -0.2) is 150 Å². The molecule has 1 fully saturated rings. The lowest BCUT2D eigenvalue weighted by molar-refractivity contribution is -0.146. The zero-order valence-electron chi connectivity index (χ0n) is 48.4. The number of carbonyl (C=O) groups excluding carboxylic acids is 8. The van der Waals surface area contributed by atoms with Crippen LogP contribution in [0.3, 0.4) is 0 Å². The van der Waals surface area contributed by atoms with Gasteiger partial charge in [-0.15, -0.1) is 0 Å². The van der Waals surface area contributed by atoms with Crippen molar-refractivity contribution >= 4 is 53.3 Å². The number of anilines is 1. The molecule has 1 aliphatic rings. The smallest absolute Gasteiger partial charge is 0.410 e. The van der Waals surface area contributed by atoms with Crippen molar-refractivity contribution in [3.8, 4) is 0 Å². The summed E-state index contributed by atoms with van der Waals surface area (Å²) in [6.07, 6.45) is 0.763. The summed E-state index contributed by atoms with van der Waals surface area (Å²) in [4.78, 5) is 112. The summed E-state index contributed by atoms with van der Waals surface area (Å²) in [7, 11) is 4.63. The summed E-state index contributed by atoms with van der Waals surface area (Å²) in [5.41, 5.74) is 12.9. The SMILES string of the molecule is CC[C@H](C)[C@@H]([C@@H](CC(=O)N1CCC[C@H]1C[C@@H](C)C(=O)N[C@H](C)[C@@H](O)c1ccccc1)OC)N(C)C(=O)[C@@H](NC(=O)[C@H](C(C)C)N(C)C(=O)OCc1ccc(NC(=O)[C@H](CCCNC(N)=O)NC(=O)[C@@H](N)C(C)C)cc1)C(C)C. The van der Waals surface area contributed by atoms with Crippen molar-refractivity contribution in [2.75, 3.05) is 39.6 Å². The number of amides is 9. The van der Waals surface area contributed by atoms with Gasteiger partial charge in [-0.3, -0.25) is 33.7 Å². The van der Waals surface area contributed by atoms with Gasteiger partial charge in [0, 0.05) is 51.9 Å². The molecule has 0 aliphatic carbocycles. The van der Waals surface area contributed by atoms with Crippen molar-refractivity contribution in [3.63, 3.8) is 0 Å². The van der Waals surface area contributed by atoms with E-state index in [1.165, 1.54) is 19.1 Å². The monoisotopic (exact) mass is 1090 g/mol. The first-order valence-electron chi connectivity index (χ1n) is 27.5. The van der Waals surface area contributed by atoms with Crippen LogP contribution in [0.25, 0.3) is 0 Å². The molecule has 9 amide bonds. The minimum atomic E-state index is -1.04. The molecular weight excluding hydrogens is 1000 g/mol. The first-order valence-corrected chi connectivity index (χ1v) is 27.5. The molecule has 436 valence electrons. The predicted octanol–water partition coefficient (Wildman–Crippen LogP) is 4.81. The van der Waals surface area contributed by atoms with Gasteiger partial charge in [0.15, 0.2) is 0 Å². The molecular formula is C57H92N10O11. The predicted molar refractivity (Wildman–Crippen MR) is 299 cm³/mol. The van der Waals surface area contributed by atoms with Crippen LogP contribution in [0.4, 0.5) is 15.3 Å². The molecule has 0 aromatic heterocycles. The van der Waals surface area contributed by atoms with Crippen molar-refractivity contribution < 1.29 is 52.9 Å². The second-order valence-electron chi connectivity index (χ2n) is 22.0. The Hall–Kier alpha value is -6.32. The number of ether oxygens (including phenoxy) is 2. The number of aliphatic hydroxyl groups excluding tert-OH is 1. The van der Waals surface area contributed by atoms with Gasteiger partial charge in [0.1, 0.15) is 24.7 Å². The van der Waals surface area contributed by atoms with Gasteiger partial charge in [-0.2, -0.15) is 0 Å². The Kier molecular flexibility index (Phi) is 27.0. The summed E-state index contributed by atoms with van der Waals surface area (Å²) in [5.74, 6) is -3.80. The van der Waals surface area contributed by atoms with Crippen molar-refractivity contribution in [3.05, 3.63) is 65.7 Å². The number of primary amides is 1. The number of likely N-dealkylation sites (tertiary alicyclic amines) is 1. The van der Waals surface area contributed by atoms with Crippen LogP contribution in [0.2, 0.25) is 0 Å². The Balaban J connectivity index is 1.67. The van der Waals surface area contributed by atoms with Gasteiger partial charge in [0.05, 0.1) is 36.8 Å². The van der Waals surface area contributed by atoms with Gasteiger partial charge in [-0.05, 0) is 86.0 Å². The highest BCUT2D eigenvalue weighted by molar-refractivity contribution is 5.98. The lowest BCUT2D eigenvalue weighted by atomic mass is 9.89. The highest BCUT2D eigenvalue weighted by Gasteiger charge is 2.41. The lowest BCUT2D eigenvalue weighted by Crippen LogP contribution is -2.60. The van der Waals surface area contributed by atoms with Crippen LogP contribution in [0.1, 0.15) is 131 Å². The molecule has 1 saturated heterocycles. The number of nitrogens with one attached hydrogen (secondary N) is 5. The number of hydrogen-bond donors (Lipinski definition) is 8. The van der Waals surface area contributed by atoms with Gasteiger partial charge >= 0.3 is 12.1 Å². The highest BCUT2D eigenvalue weighted by atomic mass is 16.6. The van der Waals surface area contributed by atoms with Crippen LogP contribution in [0, 0.1) is 29.6 Å². The van der Waals surface area contributed by atoms with E-state index in [1.54, 1.807) is 70.8 Å². The number of likely N-dealkylation sites (N-methyl/N-ethyl adjacent to an activating group) is 2.